The number of nitrogens with one attached hydrogen (secondary N) is 2. The number of H-pyrrole nitrogens is 1. The summed E-state index contributed by atoms with van der Waals surface area (Å²) in [5.41, 5.74) is 5.28. The molecular weight excluding hydrogens is 390 g/mol. The van der Waals surface area contributed by atoms with Crippen molar-refractivity contribution in [1.82, 2.24) is 15.2 Å². The Hall–Kier alpha value is -2.66. The van der Waals surface area contributed by atoms with E-state index in [4.69, 9.17) is 12.2 Å². The number of pyridine rings is 1. The molecule has 0 fully saturated rings. The predicted octanol–water partition coefficient (Wildman–Crippen LogP) is 4.86. The topological polar surface area (TPSA) is 48.1 Å². The van der Waals surface area contributed by atoms with Crippen LogP contribution in [-0.4, -0.2) is 27.6 Å². The SMILES string of the molecule is CCC(C)NC(=S)N(CCc1ccccc1C)Cc1cc2cc(C)ccc2[nH]c1=O. The molecule has 2 aromatic carbocycles. The van der Waals surface area contributed by atoms with Crippen LogP contribution in [0, 0.1) is 13.8 Å². The normalized spacial score (nSPS) is 12.0. The van der Waals surface area contributed by atoms with Gasteiger partial charge in [0.15, 0.2) is 5.11 Å². The molecule has 0 saturated heterocycles. The van der Waals surface area contributed by atoms with Crippen molar-refractivity contribution in [3.63, 3.8) is 0 Å². The lowest BCUT2D eigenvalue weighted by molar-refractivity contribution is 0.400. The fourth-order valence-electron chi connectivity index (χ4n) is 3.50. The van der Waals surface area contributed by atoms with Crippen LogP contribution < -0.4 is 10.9 Å². The van der Waals surface area contributed by atoms with E-state index in [1.165, 1.54) is 16.7 Å². The zero-order valence-corrected chi connectivity index (χ0v) is 19.1. The van der Waals surface area contributed by atoms with Crippen LogP contribution in [-0.2, 0) is 13.0 Å². The van der Waals surface area contributed by atoms with Crippen molar-refractivity contribution < 1.29 is 0 Å². The van der Waals surface area contributed by atoms with Crippen LogP contribution in [0.2, 0.25) is 0 Å². The Kier molecular flexibility index (Phi) is 7.27. The van der Waals surface area contributed by atoms with E-state index >= 15 is 0 Å². The molecule has 0 saturated carbocycles. The Balaban J connectivity index is 1.86. The number of aromatic amines is 1. The zero-order chi connectivity index (χ0) is 21.7. The Morgan fingerprint density at radius 2 is 1.90 bits per heavy atom. The van der Waals surface area contributed by atoms with Crippen LogP contribution in [0.25, 0.3) is 10.9 Å². The number of aromatic nitrogens is 1. The van der Waals surface area contributed by atoms with Crippen LogP contribution in [0.15, 0.2) is 53.3 Å². The lowest BCUT2D eigenvalue weighted by atomic mass is 10.1. The van der Waals surface area contributed by atoms with Gasteiger partial charge >= 0.3 is 0 Å². The molecule has 0 radical (unpaired) electrons. The monoisotopic (exact) mass is 421 g/mol. The Morgan fingerprint density at radius 1 is 1.13 bits per heavy atom. The molecular formula is C25H31N3OS. The van der Waals surface area contributed by atoms with Crippen LogP contribution >= 0.6 is 12.2 Å². The van der Waals surface area contributed by atoms with Gasteiger partial charge in [0, 0.05) is 23.7 Å². The summed E-state index contributed by atoms with van der Waals surface area (Å²) in [5.74, 6) is 0. The summed E-state index contributed by atoms with van der Waals surface area (Å²) in [4.78, 5) is 17.9. The number of rotatable bonds is 7. The number of fused-ring (bicyclic) bond motifs is 1. The molecule has 1 aromatic heterocycles. The van der Waals surface area contributed by atoms with Gasteiger partial charge in [0.1, 0.15) is 0 Å². The van der Waals surface area contributed by atoms with E-state index in [0.717, 1.165) is 35.9 Å². The van der Waals surface area contributed by atoms with Gasteiger partial charge in [-0.3, -0.25) is 4.79 Å². The van der Waals surface area contributed by atoms with E-state index in [2.05, 4.69) is 73.2 Å². The molecule has 1 unspecified atom stereocenters. The first-order valence-electron chi connectivity index (χ1n) is 10.6. The molecule has 0 spiro atoms. The molecule has 0 amide bonds. The molecule has 1 heterocycles. The Labute approximate surface area is 184 Å². The highest BCUT2D eigenvalue weighted by Crippen LogP contribution is 2.15. The van der Waals surface area contributed by atoms with Crippen molar-refractivity contribution in [2.45, 2.75) is 53.1 Å². The fourth-order valence-corrected chi connectivity index (χ4v) is 3.85. The summed E-state index contributed by atoms with van der Waals surface area (Å²) in [7, 11) is 0. The average Bonchev–Trinajstić information content (AvgIpc) is 2.72. The summed E-state index contributed by atoms with van der Waals surface area (Å²) in [5, 5.41) is 5.15. The lowest BCUT2D eigenvalue weighted by Gasteiger charge is -2.28. The minimum absolute atomic E-state index is 0.0569. The zero-order valence-electron chi connectivity index (χ0n) is 18.3. The number of benzene rings is 2. The number of thiocarbonyl (C=S) groups is 1. The smallest absolute Gasteiger partial charge is 0.253 e. The fraction of sp³-hybridized carbons (Fsp3) is 0.360. The van der Waals surface area contributed by atoms with E-state index < -0.39 is 0 Å². The largest absolute Gasteiger partial charge is 0.360 e. The first-order chi connectivity index (χ1) is 14.4. The van der Waals surface area contributed by atoms with Crippen molar-refractivity contribution in [3.8, 4) is 0 Å². The van der Waals surface area contributed by atoms with Gasteiger partial charge < -0.3 is 15.2 Å². The molecule has 158 valence electrons. The quantitative estimate of drug-likeness (QED) is 0.535. The van der Waals surface area contributed by atoms with Crippen LogP contribution in [0.5, 0.6) is 0 Å². The Bertz CT molecular complexity index is 1090. The average molecular weight is 422 g/mol. The number of aryl methyl sites for hydroxylation is 2. The van der Waals surface area contributed by atoms with E-state index in [1.54, 1.807) is 0 Å². The molecule has 5 heteroatoms. The maximum absolute atomic E-state index is 12.7. The second kappa shape index (κ2) is 9.90. The summed E-state index contributed by atoms with van der Waals surface area (Å²) < 4.78 is 0. The maximum Gasteiger partial charge on any atom is 0.253 e. The molecule has 3 rings (SSSR count). The second-order valence-electron chi connectivity index (χ2n) is 8.07. The van der Waals surface area contributed by atoms with Crippen molar-refractivity contribution >= 4 is 28.2 Å². The minimum atomic E-state index is -0.0569. The van der Waals surface area contributed by atoms with E-state index in [-0.39, 0.29) is 11.6 Å². The number of hydrogen-bond donors (Lipinski definition) is 2. The summed E-state index contributed by atoms with van der Waals surface area (Å²) in [6, 6.07) is 16.8. The molecule has 0 aliphatic rings. The van der Waals surface area contributed by atoms with Gasteiger partial charge in [0.25, 0.3) is 5.56 Å². The molecule has 4 nitrogen and oxygen atoms in total. The molecule has 3 aromatic rings. The Morgan fingerprint density at radius 3 is 2.63 bits per heavy atom. The van der Waals surface area contributed by atoms with Crippen molar-refractivity contribution in [3.05, 3.63) is 81.1 Å². The third-order valence-corrected chi connectivity index (χ3v) is 6.00. The standard InChI is InChI=1S/C25H31N3OS/c1-5-19(4)26-25(30)28(13-12-20-9-7-6-8-18(20)3)16-22-15-21-14-17(2)10-11-23(21)27-24(22)29/h6-11,14-15,19H,5,12-13,16H2,1-4H3,(H,26,30)(H,27,29). The highest BCUT2D eigenvalue weighted by molar-refractivity contribution is 7.80. The summed E-state index contributed by atoms with van der Waals surface area (Å²) in [6.45, 7) is 9.67. The third kappa shape index (κ3) is 5.48. The highest BCUT2D eigenvalue weighted by Gasteiger charge is 2.15. The second-order valence-corrected chi connectivity index (χ2v) is 8.46. The molecule has 0 aliphatic carbocycles. The van der Waals surface area contributed by atoms with E-state index in [0.29, 0.717) is 11.7 Å². The van der Waals surface area contributed by atoms with Crippen molar-refractivity contribution in [1.29, 1.82) is 0 Å². The third-order valence-electron chi connectivity index (χ3n) is 5.62. The van der Waals surface area contributed by atoms with Crippen molar-refractivity contribution in [2.24, 2.45) is 0 Å². The van der Waals surface area contributed by atoms with Gasteiger partial charge in [-0.25, -0.2) is 0 Å². The predicted molar refractivity (Wildman–Crippen MR) is 130 cm³/mol. The van der Waals surface area contributed by atoms with Crippen LogP contribution in [0.1, 0.15) is 42.5 Å². The molecule has 0 aliphatic heterocycles. The van der Waals surface area contributed by atoms with Crippen LogP contribution in [0.3, 0.4) is 0 Å². The van der Waals surface area contributed by atoms with Gasteiger partial charge in [-0.2, -0.15) is 0 Å². The molecule has 1 atom stereocenters. The van der Waals surface area contributed by atoms with Gasteiger partial charge in [-0.1, -0.05) is 42.8 Å². The van der Waals surface area contributed by atoms with Gasteiger partial charge in [0.05, 0.1) is 6.54 Å². The highest BCUT2D eigenvalue weighted by atomic mass is 32.1. The maximum atomic E-state index is 12.7. The molecule has 30 heavy (non-hydrogen) atoms. The summed E-state index contributed by atoms with van der Waals surface area (Å²) in [6.07, 6.45) is 1.86. The van der Waals surface area contributed by atoms with Gasteiger partial charge in [-0.15, -0.1) is 0 Å². The number of nitrogens with zero attached hydrogens (tertiary/aromatic N) is 1. The van der Waals surface area contributed by atoms with Crippen molar-refractivity contribution in [2.75, 3.05) is 6.54 Å². The van der Waals surface area contributed by atoms with E-state index in [9.17, 15) is 4.79 Å². The summed E-state index contributed by atoms with van der Waals surface area (Å²) >= 11 is 5.73. The first-order valence-corrected chi connectivity index (χ1v) is 11.0. The van der Waals surface area contributed by atoms with E-state index in [1.807, 2.05) is 18.2 Å². The lowest BCUT2D eigenvalue weighted by Crippen LogP contribution is -2.44. The first kappa shape index (κ1) is 22.0. The molecule has 0 bridgehead atoms. The van der Waals surface area contributed by atoms with Gasteiger partial charge in [0.2, 0.25) is 0 Å². The molecule has 2 N–H and O–H groups in total. The van der Waals surface area contributed by atoms with Crippen LogP contribution in [0.4, 0.5) is 0 Å². The number of hydrogen-bond acceptors (Lipinski definition) is 2. The van der Waals surface area contributed by atoms with Gasteiger partial charge in [-0.05, 0) is 80.5 Å². The minimum Gasteiger partial charge on any atom is -0.360 e.